The van der Waals surface area contributed by atoms with E-state index < -0.39 is 0 Å². The van der Waals surface area contributed by atoms with Crippen LogP contribution < -0.4 is 0 Å². The minimum absolute atomic E-state index is 0.217. The molecule has 0 bridgehead atoms. The number of hydrogen-bond donors (Lipinski definition) is 0. The summed E-state index contributed by atoms with van der Waals surface area (Å²) in [5.41, 5.74) is 0.217. The van der Waals surface area contributed by atoms with Crippen LogP contribution in [0.4, 0.5) is 0 Å². The number of nitrogens with zero attached hydrogens (tertiary/aromatic N) is 1. The van der Waals surface area contributed by atoms with E-state index in [4.69, 9.17) is 4.74 Å². The minimum Gasteiger partial charge on any atom is -0.376 e. The van der Waals surface area contributed by atoms with Crippen LogP contribution in [0.15, 0.2) is 4.99 Å². The van der Waals surface area contributed by atoms with Gasteiger partial charge in [-0.25, -0.2) is 0 Å². The van der Waals surface area contributed by atoms with Crippen molar-refractivity contribution in [3.63, 3.8) is 0 Å². The lowest BCUT2D eigenvalue weighted by Gasteiger charge is -2.33. The first-order chi connectivity index (χ1) is 4.31. The number of ether oxygens (including phenoxy) is 1. The van der Waals surface area contributed by atoms with Crippen LogP contribution in [-0.2, 0) is 4.74 Å². The molecule has 2 aliphatic rings. The third kappa shape index (κ3) is 0.792. The molecule has 0 amide bonds. The van der Waals surface area contributed by atoms with Crippen molar-refractivity contribution in [2.75, 3.05) is 19.0 Å². The molecule has 0 aromatic heterocycles. The van der Waals surface area contributed by atoms with E-state index in [0.717, 1.165) is 19.0 Å². The molecule has 2 heterocycles. The summed E-state index contributed by atoms with van der Waals surface area (Å²) in [6, 6.07) is 0. The Labute approximate surface area is 58.7 Å². The topological polar surface area (TPSA) is 21.6 Å². The molecule has 2 nitrogen and oxygen atoms in total. The normalized spacial score (nSPS) is 30.1. The SMILES string of the molecule is CC1=NC2(COC2)CS1. The molecule has 1 fully saturated rings. The minimum atomic E-state index is 0.217. The summed E-state index contributed by atoms with van der Waals surface area (Å²) < 4.78 is 5.09. The van der Waals surface area contributed by atoms with Gasteiger partial charge in [0.15, 0.2) is 0 Å². The van der Waals surface area contributed by atoms with Crippen LogP contribution in [0.5, 0.6) is 0 Å². The molecule has 0 atom stereocenters. The maximum absolute atomic E-state index is 5.09. The first kappa shape index (κ1) is 5.74. The maximum atomic E-state index is 5.09. The Hall–Kier alpha value is -0.0200. The molecule has 0 unspecified atom stereocenters. The monoisotopic (exact) mass is 143 g/mol. The second kappa shape index (κ2) is 1.73. The molecular weight excluding hydrogens is 134 g/mol. The van der Waals surface area contributed by atoms with E-state index in [1.54, 1.807) is 0 Å². The molecule has 9 heavy (non-hydrogen) atoms. The molecule has 0 N–H and O–H groups in total. The fourth-order valence-electron chi connectivity index (χ4n) is 1.12. The predicted molar refractivity (Wildman–Crippen MR) is 39.1 cm³/mol. The summed E-state index contributed by atoms with van der Waals surface area (Å²) in [6.07, 6.45) is 0. The van der Waals surface area contributed by atoms with Gasteiger partial charge in [0.05, 0.1) is 18.3 Å². The summed E-state index contributed by atoms with van der Waals surface area (Å²) >= 11 is 1.85. The van der Waals surface area contributed by atoms with Gasteiger partial charge in [0, 0.05) is 5.75 Å². The van der Waals surface area contributed by atoms with Crippen LogP contribution in [0.3, 0.4) is 0 Å². The lowest BCUT2D eigenvalue weighted by atomic mass is 10.0. The van der Waals surface area contributed by atoms with E-state index in [-0.39, 0.29) is 5.54 Å². The Morgan fingerprint density at radius 3 is 2.67 bits per heavy atom. The van der Waals surface area contributed by atoms with E-state index in [1.165, 1.54) is 5.04 Å². The van der Waals surface area contributed by atoms with Crippen LogP contribution in [0.2, 0.25) is 0 Å². The van der Waals surface area contributed by atoms with Gasteiger partial charge < -0.3 is 4.74 Å². The number of aliphatic imine (C=N–C) groups is 1. The molecule has 50 valence electrons. The van der Waals surface area contributed by atoms with Gasteiger partial charge in [-0.3, -0.25) is 4.99 Å². The summed E-state index contributed by atoms with van der Waals surface area (Å²) in [5, 5.41) is 1.22. The zero-order chi connectivity index (χ0) is 6.32. The summed E-state index contributed by atoms with van der Waals surface area (Å²) in [4.78, 5) is 4.48. The molecule has 1 spiro atoms. The lowest BCUT2D eigenvalue weighted by molar-refractivity contribution is -0.0379. The highest BCUT2D eigenvalue weighted by molar-refractivity contribution is 8.14. The van der Waals surface area contributed by atoms with Gasteiger partial charge in [0.1, 0.15) is 5.54 Å². The van der Waals surface area contributed by atoms with Crippen LogP contribution in [0.1, 0.15) is 6.92 Å². The van der Waals surface area contributed by atoms with Crippen LogP contribution in [0.25, 0.3) is 0 Å². The Kier molecular flexibility index (Phi) is 1.11. The lowest BCUT2D eigenvalue weighted by Crippen LogP contribution is -2.48. The van der Waals surface area contributed by atoms with Gasteiger partial charge in [-0.1, -0.05) is 0 Å². The van der Waals surface area contributed by atoms with Gasteiger partial charge in [-0.2, -0.15) is 0 Å². The number of thioether (sulfide) groups is 1. The smallest absolute Gasteiger partial charge is 0.117 e. The molecule has 0 aromatic rings. The van der Waals surface area contributed by atoms with E-state index >= 15 is 0 Å². The molecule has 0 aromatic carbocycles. The van der Waals surface area contributed by atoms with Crippen molar-refractivity contribution in [3.8, 4) is 0 Å². The second-order valence-corrected chi connectivity index (χ2v) is 3.80. The largest absolute Gasteiger partial charge is 0.376 e. The predicted octanol–water partition coefficient (Wildman–Crippen LogP) is 0.921. The number of rotatable bonds is 0. The molecule has 3 heteroatoms. The quantitative estimate of drug-likeness (QED) is 0.503. The average molecular weight is 143 g/mol. The van der Waals surface area contributed by atoms with E-state index in [9.17, 15) is 0 Å². The van der Waals surface area contributed by atoms with Crippen molar-refractivity contribution in [3.05, 3.63) is 0 Å². The van der Waals surface area contributed by atoms with E-state index in [0.29, 0.717) is 0 Å². The maximum Gasteiger partial charge on any atom is 0.117 e. The van der Waals surface area contributed by atoms with Crippen molar-refractivity contribution in [2.45, 2.75) is 12.5 Å². The van der Waals surface area contributed by atoms with Gasteiger partial charge in [0.25, 0.3) is 0 Å². The fraction of sp³-hybridized carbons (Fsp3) is 0.833. The highest BCUT2D eigenvalue weighted by atomic mass is 32.2. The van der Waals surface area contributed by atoms with E-state index in [1.807, 2.05) is 11.8 Å². The Bertz CT molecular complexity index is 162. The summed E-state index contributed by atoms with van der Waals surface area (Å²) in [7, 11) is 0. The molecule has 2 aliphatic heterocycles. The zero-order valence-corrected chi connectivity index (χ0v) is 6.20. The summed E-state index contributed by atoms with van der Waals surface area (Å²) in [6.45, 7) is 3.76. The van der Waals surface area contributed by atoms with Crippen molar-refractivity contribution in [2.24, 2.45) is 4.99 Å². The van der Waals surface area contributed by atoms with Gasteiger partial charge in [-0.05, 0) is 6.92 Å². The van der Waals surface area contributed by atoms with E-state index in [2.05, 4.69) is 11.9 Å². The molecule has 0 aliphatic carbocycles. The molecule has 0 radical (unpaired) electrons. The molecule has 0 saturated carbocycles. The van der Waals surface area contributed by atoms with Crippen LogP contribution in [0, 0.1) is 0 Å². The Balaban J connectivity index is 2.15. The van der Waals surface area contributed by atoms with Crippen LogP contribution in [-0.4, -0.2) is 29.5 Å². The molecular formula is C6H9NOS. The van der Waals surface area contributed by atoms with Crippen molar-refractivity contribution in [1.82, 2.24) is 0 Å². The van der Waals surface area contributed by atoms with Gasteiger partial charge in [0.2, 0.25) is 0 Å². The fourth-order valence-corrected chi connectivity index (χ4v) is 2.09. The van der Waals surface area contributed by atoms with Crippen molar-refractivity contribution in [1.29, 1.82) is 0 Å². The molecule has 2 rings (SSSR count). The highest BCUT2D eigenvalue weighted by Crippen LogP contribution is 2.33. The Morgan fingerprint density at radius 2 is 2.44 bits per heavy atom. The van der Waals surface area contributed by atoms with Crippen molar-refractivity contribution < 1.29 is 4.74 Å². The van der Waals surface area contributed by atoms with Gasteiger partial charge >= 0.3 is 0 Å². The van der Waals surface area contributed by atoms with Crippen molar-refractivity contribution >= 4 is 16.8 Å². The average Bonchev–Trinajstić information content (AvgIpc) is 2.09. The first-order valence-electron chi connectivity index (χ1n) is 3.08. The standard InChI is InChI=1S/C6H9NOS/c1-5-7-6(4-9-5)2-8-3-6/h2-4H2,1H3. The summed E-state index contributed by atoms with van der Waals surface area (Å²) in [5.74, 6) is 1.14. The van der Waals surface area contributed by atoms with Crippen LogP contribution >= 0.6 is 11.8 Å². The number of hydrogen-bond acceptors (Lipinski definition) is 3. The zero-order valence-electron chi connectivity index (χ0n) is 5.39. The first-order valence-corrected chi connectivity index (χ1v) is 4.06. The third-order valence-corrected chi connectivity index (χ3v) is 2.88. The van der Waals surface area contributed by atoms with Gasteiger partial charge in [-0.15, -0.1) is 11.8 Å². The Morgan fingerprint density at radius 1 is 1.67 bits per heavy atom. The highest BCUT2D eigenvalue weighted by Gasteiger charge is 2.41. The molecule has 1 saturated heterocycles. The second-order valence-electron chi connectivity index (χ2n) is 2.64. The third-order valence-electron chi connectivity index (χ3n) is 1.69.